The van der Waals surface area contributed by atoms with Gasteiger partial charge in [-0.1, -0.05) is 30.4 Å². The highest BCUT2D eigenvalue weighted by Gasteiger charge is 2.30. The highest BCUT2D eigenvalue weighted by Crippen LogP contribution is 2.47. The molecule has 0 bridgehead atoms. The standard InChI is InChI=1S/C20H16FN3/c21-11-8-9-16-17(10-11)24-20(23-16)15-7-3-6-14-18(15)12-4-1-2-5-13(12)19(14)22/h2-3,5-10,19H,1,4,22H2,(H,23,24). The van der Waals surface area contributed by atoms with Gasteiger partial charge >= 0.3 is 0 Å². The lowest BCUT2D eigenvalue weighted by Crippen LogP contribution is -2.09. The van der Waals surface area contributed by atoms with Crippen LogP contribution >= 0.6 is 0 Å². The number of fused-ring (bicyclic) bond motifs is 3. The molecule has 2 aromatic carbocycles. The molecule has 1 aromatic heterocycles. The molecule has 118 valence electrons. The molecule has 1 heterocycles. The Hall–Kier alpha value is -2.72. The summed E-state index contributed by atoms with van der Waals surface area (Å²) in [5, 5.41) is 0. The predicted molar refractivity (Wildman–Crippen MR) is 93.7 cm³/mol. The lowest BCUT2D eigenvalue weighted by atomic mass is 9.93. The molecule has 0 amide bonds. The Balaban J connectivity index is 1.76. The molecule has 0 fully saturated rings. The summed E-state index contributed by atoms with van der Waals surface area (Å²) in [4.78, 5) is 7.92. The van der Waals surface area contributed by atoms with E-state index in [4.69, 9.17) is 5.73 Å². The zero-order valence-electron chi connectivity index (χ0n) is 13.0. The van der Waals surface area contributed by atoms with Gasteiger partial charge in [0.15, 0.2) is 0 Å². The first-order chi connectivity index (χ1) is 11.7. The van der Waals surface area contributed by atoms with Crippen molar-refractivity contribution in [3.63, 3.8) is 0 Å². The second kappa shape index (κ2) is 4.89. The Bertz CT molecular complexity index is 1040. The number of nitrogens with two attached hydrogens (primary N) is 1. The molecule has 2 aliphatic carbocycles. The third-order valence-electron chi connectivity index (χ3n) is 4.97. The van der Waals surface area contributed by atoms with E-state index in [0.29, 0.717) is 5.52 Å². The molecule has 0 saturated heterocycles. The Morgan fingerprint density at radius 1 is 1.21 bits per heavy atom. The van der Waals surface area contributed by atoms with Gasteiger partial charge in [-0.05, 0) is 53.3 Å². The zero-order chi connectivity index (χ0) is 16.3. The Labute approximate surface area is 138 Å². The molecule has 3 N–H and O–H groups in total. The number of hydrogen-bond acceptors (Lipinski definition) is 2. The van der Waals surface area contributed by atoms with E-state index in [1.54, 1.807) is 6.07 Å². The lowest BCUT2D eigenvalue weighted by molar-refractivity contribution is 0.629. The molecule has 2 aliphatic rings. The van der Waals surface area contributed by atoms with Crippen LogP contribution in [0.25, 0.3) is 28.0 Å². The minimum Gasteiger partial charge on any atom is -0.338 e. The van der Waals surface area contributed by atoms with Crippen molar-refractivity contribution in [1.29, 1.82) is 0 Å². The third kappa shape index (κ3) is 1.83. The van der Waals surface area contributed by atoms with Gasteiger partial charge in [0.1, 0.15) is 11.6 Å². The molecular formula is C20H16FN3. The minimum atomic E-state index is -0.263. The summed E-state index contributed by atoms with van der Waals surface area (Å²) < 4.78 is 13.5. The van der Waals surface area contributed by atoms with E-state index in [0.717, 1.165) is 35.3 Å². The molecule has 24 heavy (non-hydrogen) atoms. The summed E-state index contributed by atoms with van der Waals surface area (Å²) in [6, 6.07) is 10.7. The molecule has 0 aliphatic heterocycles. The number of benzene rings is 2. The van der Waals surface area contributed by atoms with Crippen molar-refractivity contribution < 1.29 is 4.39 Å². The minimum absolute atomic E-state index is 0.0756. The summed E-state index contributed by atoms with van der Waals surface area (Å²) >= 11 is 0. The molecular weight excluding hydrogens is 301 g/mol. The van der Waals surface area contributed by atoms with Gasteiger partial charge in [-0.2, -0.15) is 0 Å². The summed E-state index contributed by atoms with van der Waals surface area (Å²) in [5.41, 5.74) is 13.9. The average molecular weight is 317 g/mol. The quantitative estimate of drug-likeness (QED) is 0.695. The second-order valence-electron chi connectivity index (χ2n) is 6.37. The molecule has 0 saturated carbocycles. The Kier molecular flexibility index (Phi) is 2.79. The number of aromatic amines is 1. The van der Waals surface area contributed by atoms with Gasteiger partial charge in [0.05, 0.1) is 17.1 Å². The van der Waals surface area contributed by atoms with Crippen molar-refractivity contribution in [2.24, 2.45) is 5.73 Å². The maximum absolute atomic E-state index is 13.5. The fourth-order valence-corrected chi connectivity index (χ4v) is 3.88. The zero-order valence-corrected chi connectivity index (χ0v) is 13.0. The van der Waals surface area contributed by atoms with Crippen molar-refractivity contribution in [2.45, 2.75) is 18.9 Å². The van der Waals surface area contributed by atoms with Crippen LogP contribution < -0.4 is 5.73 Å². The number of allylic oxidation sites excluding steroid dienone is 2. The molecule has 1 atom stereocenters. The second-order valence-corrected chi connectivity index (χ2v) is 6.37. The van der Waals surface area contributed by atoms with E-state index in [1.165, 1.54) is 28.8 Å². The Morgan fingerprint density at radius 3 is 3.04 bits per heavy atom. The maximum Gasteiger partial charge on any atom is 0.139 e. The van der Waals surface area contributed by atoms with Crippen LogP contribution in [0.5, 0.6) is 0 Å². The number of H-pyrrole nitrogens is 1. The number of nitrogens with zero attached hydrogens (tertiary/aromatic N) is 1. The largest absolute Gasteiger partial charge is 0.338 e. The summed E-state index contributed by atoms with van der Waals surface area (Å²) in [7, 11) is 0. The summed E-state index contributed by atoms with van der Waals surface area (Å²) in [5.74, 6) is 0.503. The van der Waals surface area contributed by atoms with Crippen LogP contribution in [0, 0.1) is 5.82 Å². The highest BCUT2D eigenvalue weighted by molar-refractivity contribution is 5.90. The van der Waals surface area contributed by atoms with E-state index >= 15 is 0 Å². The summed E-state index contributed by atoms with van der Waals surface area (Å²) in [6.45, 7) is 0. The molecule has 3 aromatic rings. The van der Waals surface area contributed by atoms with Crippen LogP contribution in [0.2, 0.25) is 0 Å². The SMILES string of the molecule is NC1C2=C(CCC=C2)c2c(-c3nc4ccc(F)cc4[nH]3)cccc21. The molecule has 4 heteroatoms. The molecule has 1 unspecified atom stereocenters. The van der Waals surface area contributed by atoms with E-state index in [9.17, 15) is 4.39 Å². The number of aromatic nitrogens is 2. The summed E-state index contributed by atoms with van der Waals surface area (Å²) in [6.07, 6.45) is 6.37. The number of imidazole rings is 1. The van der Waals surface area contributed by atoms with Crippen molar-refractivity contribution >= 4 is 16.6 Å². The van der Waals surface area contributed by atoms with E-state index in [-0.39, 0.29) is 11.9 Å². The number of nitrogens with one attached hydrogen (secondary N) is 1. The van der Waals surface area contributed by atoms with Gasteiger partial charge in [0.25, 0.3) is 0 Å². The first kappa shape index (κ1) is 13.7. The monoisotopic (exact) mass is 317 g/mol. The fourth-order valence-electron chi connectivity index (χ4n) is 3.88. The first-order valence-electron chi connectivity index (χ1n) is 8.16. The van der Waals surface area contributed by atoms with E-state index in [2.05, 4.69) is 34.3 Å². The first-order valence-corrected chi connectivity index (χ1v) is 8.16. The topological polar surface area (TPSA) is 54.7 Å². The molecule has 3 nitrogen and oxygen atoms in total. The number of rotatable bonds is 1. The predicted octanol–water partition coefficient (Wildman–Crippen LogP) is 4.49. The number of hydrogen-bond donors (Lipinski definition) is 2. The fraction of sp³-hybridized carbons (Fsp3) is 0.150. The van der Waals surface area contributed by atoms with Crippen LogP contribution in [-0.2, 0) is 0 Å². The third-order valence-corrected chi connectivity index (χ3v) is 4.97. The van der Waals surface area contributed by atoms with Gasteiger partial charge in [-0.3, -0.25) is 0 Å². The Morgan fingerprint density at radius 2 is 2.12 bits per heavy atom. The van der Waals surface area contributed by atoms with Crippen LogP contribution in [0.4, 0.5) is 4.39 Å². The van der Waals surface area contributed by atoms with Crippen LogP contribution in [-0.4, -0.2) is 9.97 Å². The smallest absolute Gasteiger partial charge is 0.139 e. The van der Waals surface area contributed by atoms with Crippen LogP contribution in [0.3, 0.4) is 0 Å². The lowest BCUT2D eigenvalue weighted by Gasteiger charge is -2.12. The van der Waals surface area contributed by atoms with Gasteiger partial charge < -0.3 is 10.7 Å². The molecule has 0 radical (unpaired) electrons. The van der Waals surface area contributed by atoms with Crippen molar-refractivity contribution in [3.8, 4) is 11.4 Å². The number of halogens is 1. The maximum atomic E-state index is 13.5. The van der Waals surface area contributed by atoms with Crippen molar-refractivity contribution in [2.75, 3.05) is 0 Å². The van der Waals surface area contributed by atoms with E-state index in [1.807, 2.05) is 6.07 Å². The van der Waals surface area contributed by atoms with Crippen molar-refractivity contribution in [3.05, 3.63) is 71.1 Å². The van der Waals surface area contributed by atoms with Crippen LogP contribution in [0.15, 0.2) is 54.1 Å². The van der Waals surface area contributed by atoms with Gasteiger partial charge in [-0.25, -0.2) is 9.37 Å². The van der Waals surface area contributed by atoms with E-state index < -0.39 is 0 Å². The van der Waals surface area contributed by atoms with Gasteiger partial charge in [-0.15, -0.1) is 0 Å². The van der Waals surface area contributed by atoms with Crippen molar-refractivity contribution in [1.82, 2.24) is 9.97 Å². The van der Waals surface area contributed by atoms with Crippen LogP contribution in [0.1, 0.15) is 30.0 Å². The average Bonchev–Trinajstić information content (AvgIpc) is 3.15. The molecule has 5 rings (SSSR count). The van der Waals surface area contributed by atoms with Gasteiger partial charge in [0.2, 0.25) is 0 Å². The van der Waals surface area contributed by atoms with Gasteiger partial charge in [0, 0.05) is 5.56 Å². The normalized spacial score (nSPS) is 19.0. The highest BCUT2D eigenvalue weighted by atomic mass is 19.1. The molecule has 0 spiro atoms.